The Morgan fingerprint density at radius 1 is 1.06 bits per heavy atom. The van der Waals surface area contributed by atoms with Crippen LogP contribution in [0.15, 0.2) is 41.6 Å². The van der Waals surface area contributed by atoms with Crippen LogP contribution in [0.3, 0.4) is 0 Å². The zero-order chi connectivity index (χ0) is 23.3. The molecule has 3 rings (SSSR count). The number of aryl methyl sites for hydroxylation is 2. The van der Waals surface area contributed by atoms with Crippen molar-refractivity contribution in [2.24, 2.45) is 0 Å². The summed E-state index contributed by atoms with van der Waals surface area (Å²) in [5, 5.41) is 15.4. The van der Waals surface area contributed by atoms with Gasteiger partial charge in [-0.05, 0) is 50.1 Å². The van der Waals surface area contributed by atoms with Crippen molar-refractivity contribution in [3.8, 4) is 0 Å². The van der Waals surface area contributed by atoms with Crippen molar-refractivity contribution in [2.75, 3.05) is 11.1 Å². The number of hydrogen-bond donors (Lipinski definition) is 2. The highest BCUT2D eigenvalue weighted by Crippen LogP contribution is 2.23. The Bertz CT molecular complexity index is 1130. The van der Waals surface area contributed by atoms with E-state index in [0.29, 0.717) is 33.1 Å². The lowest BCUT2D eigenvalue weighted by atomic mass is 10.1. The van der Waals surface area contributed by atoms with E-state index in [4.69, 9.17) is 23.2 Å². The maximum atomic E-state index is 12.5. The molecule has 0 aliphatic rings. The van der Waals surface area contributed by atoms with E-state index in [1.54, 1.807) is 12.1 Å². The number of halogens is 2. The molecule has 0 aliphatic carbocycles. The summed E-state index contributed by atoms with van der Waals surface area (Å²) >= 11 is 13.2. The van der Waals surface area contributed by atoms with Crippen molar-refractivity contribution >= 4 is 52.5 Å². The van der Waals surface area contributed by atoms with E-state index in [2.05, 4.69) is 20.8 Å². The number of hydrogen-bond acceptors (Lipinski definition) is 5. The first kappa shape index (κ1) is 24.1. The van der Waals surface area contributed by atoms with Crippen molar-refractivity contribution < 1.29 is 9.59 Å². The standard InChI is InChI=1S/C22H23Cl2N5O2S/c1-4-29-18(11-25-21(31)15-8-9-16(23)17(24)10-15)27-28-22(29)32-12-19(30)26-20-13(2)6-5-7-14(20)3/h5-10H,4,11-12H2,1-3H3,(H,25,31)(H,26,30). The number of para-hydroxylation sites is 1. The number of benzene rings is 2. The lowest BCUT2D eigenvalue weighted by Crippen LogP contribution is -2.24. The lowest BCUT2D eigenvalue weighted by molar-refractivity contribution is -0.113. The monoisotopic (exact) mass is 491 g/mol. The van der Waals surface area contributed by atoms with Gasteiger partial charge < -0.3 is 15.2 Å². The van der Waals surface area contributed by atoms with Gasteiger partial charge in [0.1, 0.15) is 0 Å². The molecule has 3 aromatic rings. The summed E-state index contributed by atoms with van der Waals surface area (Å²) in [6.07, 6.45) is 0. The highest BCUT2D eigenvalue weighted by atomic mass is 35.5. The summed E-state index contributed by atoms with van der Waals surface area (Å²) in [6.45, 7) is 6.67. The van der Waals surface area contributed by atoms with Crippen LogP contribution in [-0.4, -0.2) is 32.3 Å². The molecular weight excluding hydrogens is 469 g/mol. The molecule has 2 amide bonds. The molecule has 0 aliphatic heterocycles. The van der Waals surface area contributed by atoms with Crippen LogP contribution in [0.4, 0.5) is 5.69 Å². The molecule has 0 radical (unpaired) electrons. The van der Waals surface area contributed by atoms with Crippen molar-refractivity contribution in [3.05, 3.63) is 69.0 Å². The number of carbonyl (C=O) groups is 2. The minimum Gasteiger partial charge on any atom is -0.345 e. The van der Waals surface area contributed by atoms with Gasteiger partial charge in [0.25, 0.3) is 5.91 Å². The Morgan fingerprint density at radius 2 is 1.78 bits per heavy atom. The molecule has 0 unspecified atom stereocenters. The molecule has 0 fully saturated rings. The van der Waals surface area contributed by atoms with Gasteiger partial charge in [-0.25, -0.2) is 0 Å². The largest absolute Gasteiger partial charge is 0.345 e. The van der Waals surface area contributed by atoms with Gasteiger partial charge in [0.05, 0.1) is 22.3 Å². The van der Waals surface area contributed by atoms with Crippen LogP contribution in [0.2, 0.25) is 10.0 Å². The molecule has 0 saturated carbocycles. The first-order valence-corrected chi connectivity index (χ1v) is 11.7. The van der Waals surface area contributed by atoms with E-state index in [9.17, 15) is 9.59 Å². The van der Waals surface area contributed by atoms with Crippen molar-refractivity contribution in [1.82, 2.24) is 20.1 Å². The van der Waals surface area contributed by atoms with E-state index in [1.165, 1.54) is 17.8 Å². The molecule has 2 N–H and O–H groups in total. The fraction of sp³-hybridized carbons (Fsp3) is 0.273. The normalized spacial score (nSPS) is 10.8. The molecule has 32 heavy (non-hydrogen) atoms. The Labute approximate surface area is 200 Å². The Balaban J connectivity index is 1.60. The third-order valence-corrected chi connectivity index (χ3v) is 6.48. The fourth-order valence-electron chi connectivity index (χ4n) is 3.09. The fourth-order valence-corrected chi connectivity index (χ4v) is 4.21. The molecule has 0 saturated heterocycles. The molecule has 168 valence electrons. The first-order chi connectivity index (χ1) is 15.3. The van der Waals surface area contributed by atoms with Gasteiger partial charge in [-0.1, -0.05) is 53.2 Å². The Hall–Kier alpha value is -2.55. The van der Waals surface area contributed by atoms with E-state index < -0.39 is 0 Å². The third-order valence-electron chi connectivity index (χ3n) is 4.78. The summed E-state index contributed by atoms with van der Waals surface area (Å²) in [5.41, 5.74) is 3.26. The molecule has 7 nitrogen and oxygen atoms in total. The number of amides is 2. The Morgan fingerprint density at radius 3 is 2.44 bits per heavy atom. The van der Waals surface area contributed by atoms with Gasteiger partial charge in [0.2, 0.25) is 5.91 Å². The maximum Gasteiger partial charge on any atom is 0.251 e. The molecule has 2 aromatic carbocycles. The van der Waals surface area contributed by atoms with Crippen LogP contribution in [0.1, 0.15) is 34.2 Å². The zero-order valence-corrected chi connectivity index (χ0v) is 20.2. The number of carbonyl (C=O) groups excluding carboxylic acids is 2. The molecular formula is C22H23Cl2N5O2S. The van der Waals surface area contributed by atoms with Crippen LogP contribution in [-0.2, 0) is 17.9 Å². The minimum atomic E-state index is -0.295. The van der Waals surface area contributed by atoms with Crippen molar-refractivity contribution in [2.45, 2.75) is 39.0 Å². The summed E-state index contributed by atoms with van der Waals surface area (Å²) in [7, 11) is 0. The molecule has 0 atom stereocenters. The SMILES string of the molecule is CCn1c(CNC(=O)c2ccc(Cl)c(Cl)c2)nnc1SCC(=O)Nc1c(C)cccc1C. The van der Waals surface area contributed by atoms with Gasteiger partial charge >= 0.3 is 0 Å². The minimum absolute atomic E-state index is 0.118. The number of aromatic nitrogens is 3. The Kier molecular flexibility index (Phi) is 8.17. The highest BCUT2D eigenvalue weighted by molar-refractivity contribution is 7.99. The molecule has 1 heterocycles. The highest BCUT2D eigenvalue weighted by Gasteiger charge is 2.16. The second-order valence-corrected chi connectivity index (χ2v) is 8.82. The van der Waals surface area contributed by atoms with E-state index in [1.807, 2.05) is 43.5 Å². The number of thioether (sulfide) groups is 1. The predicted molar refractivity (Wildman–Crippen MR) is 129 cm³/mol. The van der Waals surface area contributed by atoms with Gasteiger partial charge in [-0.15, -0.1) is 10.2 Å². The average molecular weight is 492 g/mol. The smallest absolute Gasteiger partial charge is 0.251 e. The van der Waals surface area contributed by atoms with Crippen molar-refractivity contribution in [3.63, 3.8) is 0 Å². The topological polar surface area (TPSA) is 88.9 Å². The van der Waals surface area contributed by atoms with Gasteiger partial charge in [-0.2, -0.15) is 0 Å². The molecule has 10 heteroatoms. The second kappa shape index (κ2) is 10.8. The van der Waals surface area contributed by atoms with Gasteiger partial charge in [-0.3, -0.25) is 9.59 Å². The quantitative estimate of drug-likeness (QED) is 0.438. The number of rotatable bonds is 8. The average Bonchev–Trinajstić information content (AvgIpc) is 3.17. The van der Waals surface area contributed by atoms with E-state index in [0.717, 1.165) is 16.8 Å². The summed E-state index contributed by atoms with van der Waals surface area (Å²) in [6, 6.07) is 10.6. The van der Waals surface area contributed by atoms with Crippen LogP contribution in [0, 0.1) is 13.8 Å². The number of nitrogens with zero attached hydrogens (tertiary/aromatic N) is 3. The molecule has 1 aromatic heterocycles. The summed E-state index contributed by atoms with van der Waals surface area (Å²) in [5.74, 6) is 0.379. The molecule has 0 bridgehead atoms. The van der Waals surface area contributed by atoms with E-state index in [-0.39, 0.29) is 24.1 Å². The van der Waals surface area contributed by atoms with Crippen LogP contribution >= 0.6 is 35.0 Å². The predicted octanol–water partition coefficient (Wildman–Crippen LogP) is 4.88. The van der Waals surface area contributed by atoms with Crippen LogP contribution in [0.5, 0.6) is 0 Å². The van der Waals surface area contributed by atoms with Crippen molar-refractivity contribution in [1.29, 1.82) is 0 Å². The number of nitrogens with one attached hydrogen (secondary N) is 2. The summed E-state index contributed by atoms with van der Waals surface area (Å²) < 4.78 is 1.87. The zero-order valence-electron chi connectivity index (χ0n) is 17.9. The lowest BCUT2D eigenvalue weighted by Gasteiger charge is -2.11. The van der Waals surface area contributed by atoms with Crippen LogP contribution in [0.25, 0.3) is 0 Å². The second-order valence-electron chi connectivity index (χ2n) is 7.06. The van der Waals surface area contributed by atoms with E-state index >= 15 is 0 Å². The number of anilines is 1. The van der Waals surface area contributed by atoms with Gasteiger partial charge in [0.15, 0.2) is 11.0 Å². The first-order valence-electron chi connectivity index (χ1n) is 9.94. The summed E-state index contributed by atoms with van der Waals surface area (Å²) in [4.78, 5) is 24.9. The van der Waals surface area contributed by atoms with Gasteiger partial charge in [0, 0.05) is 17.8 Å². The third kappa shape index (κ3) is 5.82. The van der Waals surface area contributed by atoms with Crippen LogP contribution < -0.4 is 10.6 Å². The maximum absolute atomic E-state index is 12.5. The molecule has 0 spiro atoms.